The Morgan fingerprint density at radius 3 is 2.33 bits per heavy atom. The lowest BCUT2D eigenvalue weighted by Crippen LogP contribution is -2.05. The molecule has 0 saturated carbocycles. The van der Waals surface area contributed by atoms with Crippen LogP contribution in [0.15, 0.2) is 48.5 Å². The predicted molar refractivity (Wildman–Crippen MR) is 74.7 cm³/mol. The van der Waals surface area contributed by atoms with Crippen molar-refractivity contribution in [1.29, 1.82) is 0 Å². The molecule has 0 aliphatic rings. The highest BCUT2D eigenvalue weighted by molar-refractivity contribution is 6.12. The van der Waals surface area contributed by atoms with Gasteiger partial charge in [0.2, 0.25) is 0 Å². The van der Waals surface area contributed by atoms with Gasteiger partial charge in [0, 0.05) is 16.8 Å². The lowest BCUT2D eigenvalue weighted by molar-refractivity contribution is 0.103. The van der Waals surface area contributed by atoms with Crippen molar-refractivity contribution in [2.75, 3.05) is 5.73 Å². The zero-order valence-corrected chi connectivity index (χ0v) is 10.5. The monoisotopic (exact) mass is 239 g/mol. The van der Waals surface area contributed by atoms with Crippen molar-refractivity contribution in [2.45, 2.75) is 19.8 Å². The summed E-state index contributed by atoms with van der Waals surface area (Å²) >= 11 is 0. The Morgan fingerprint density at radius 1 is 1.06 bits per heavy atom. The molecule has 18 heavy (non-hydrogen) atoms. The van der Waals surface area contributed by atoms with E-state index in [4.69, 9.17) is 5.73 Å². The molecule has 0 fully saturated rings. The van der Waals surface area contributed by atoms with Crippen molar-refractivity contribution in [1.82, 2.24) is 0 Å². The fraction of sp³-hybridized carbons (Fsp3) is 0.188. The van der Waals surface area contributed by atoms with E-state index in [1.165, 1.54) is 5.56 Å². The fourth-order valence-corrected chi connectivity index (χ4v) is 1.97. The number of anilines is 1. The highest BCUT2D eigenvalue weighted by Crippen LogP contribution is 2.17. The van der Waals surface area contributed by atoms with Crippen molar-refractivity contribution < 1.29 is 4.79 Å². The molecule has 2 heteroatoms. The van der Waals surface area contributed by atoms with Crippen LogP contribution in [0.25, 0.3) is 0 Å². The van der Waals surface area contributed by atoms with Crippen LogP contribution in [-0.4, -0.2) is 5.78 Å². The number of hydrogen-bond donors (Lipinski definition) is 1. The molecule has 2 N–H and O–H groups in total. The molecule has 0 radical (unpaired) electrons. The molecule has 0 aliphatic carbocycles. The topological polar surface area (TPSA) is 43.1 Å². The molecule has 2 aromatic carbocycles. The molecule has 2 aromatic rings. The zero-order valence-electron chi connectivity index (χ0n) is 10.5. The highest BCUT2D eigenvalue weighted by atomic mass is 16.1. The quantitative estimate of drug-likeness (QED) is 0.656. The van der Waals surface area contributed by atoms with Gasteiger partial charge >= 0.3 is 0 Å². The number of benzene rings is 2. The number of carbonyl (C=O) groups excluding carboxylic acids is 1. The molecule has 0 heterocycles. The Balaban J connectivity index is 2.27. The normalized spacial score (nSPS) is 10.3. The van der Waals surface area contributed by atoms with Gasteiger partial charge < -0.3 is 5.73 Å². The third-order valence-electron chi connectivity index (χ3n) is 2.96. The Kier molecular flexibility index (Phi) is 3.78. The van der Waals surface area contributed by atoms with Crippen molar-refractivity contribution in [2.24, 2.45) is 0 Å². The van der Waals surface area contributed by atoms with Gasteiger partial charge in [-0.25, -0.2) is 0 Å². The maximum absolute atomic E-state index is 12.3. The average molecular weight is 239 g/mol. The molecule has 0 spiro atoms. The summed E-state index contributed by atoms with van der Waals surface area (Å²) in [4.78, 5) is 12.3. The number of aryl methyl sites for hydroxylation is 1. The van der Waals surface area contributed by atoms with Gasteiger partial charge in [0.15, 0.2) is 5.78 Å². The number of nitrogen functional groups attached to an aromatic ring is 1. The Bertz CT molecular complexity index is 543. The van der Waals surface area contributed by atoms with Crippen molar-refractivity contribution in [3.8, 4) is 0 Å². The fourth-order valence-electron chi connectivity index (χ4n) is 1.97. The molecule has 0 saturated heterocycles. The van der Waals surface area contributed by atoms with Crippen LogP contribution >= 0.6 is 0 Å². The van der Waals surface area contributed by atoms with E-state index in [1.807, 2.05) is 36.4 Å². The molecule has 0 bridgehead atoms. The van der Waals surface area contributed by atoms with E-state index >= 15 is 0 Å². The zero-order chi connectivity index (χ0) is 13.0. The summed E-state index contributed by atoms with van der Waals surface area (Å²) in [7, 11) is 0. The second kappa shape index (κ2) is 5.50. The summed E-state index contributed by atoms with van der Waals surface area (Å²) in [6, 6.07) is 14.9. The van der Waals surface area contributed by atoms with Gasteiger partial charge in [0.05, 0.1) is 0 Å². The van der Waals surface area contributed by atoms with E-state index in [-0.39, 0.29) is 5.78 Å². The van der Waals surface area contributed by atoms with Gasteiger partial charge in [-0.3, -0.25) is 4.79 Å². The number of rotatable bonds is 4. The van der Waals surface area contributed by atoms with E-state index in [1.54, 1.807) is 12.1 Å². The van der Waals surface area contributed by atoms with Crippen LogP contribution in [0.4, 0.5) is 5.69 Å². The molecule has 0 atom stereocenters. The third-order valence-corrected chi connectivity index (χ3v) is 2.96. The van der Waals surface area contributed by atoms with E-state index in [2.05, 4.69) is 6.92 Å². The summed E-state index contributed by atoms with van der Waals surface area (Å²) in [5, 5.41) is 0. The predicted octanol–water partition coefficient (Wildman–Crippen LogP) is 3.45. The van der Waals surface area contributed by atoms with E-state index < -0.39 is 0 Å². The standard InChI is InChI=1S/C16H17NO/c1-2-5-12-8-10-13(11-9-12)16(18)14-6-3-4-7-15(14)17/h3-4,6-11H,2,5,17H2,1H3. The van der Waals surface area contributed by atoms with Gasteiger partial charge in [-0.05, 0) is 24.1 Å². The summed E-state index contributed by atoms with van der Waals surface area (Å²) in [6.07, 6.45) is 2.15. The first kappa shape index (κ1) is 12.4. The Labute approximate surface area is 107 Å². The lowest BCUT2D eigenvalue weighted by Gasteiger charge is -2.05. The Hall–Kier alpha value is -2.09. The maximum Gasteiger partial charge on any atom is 0.195 e. The van der Waals surface area contributed by atoms with Crippen molar-refractivity contribution in [3.05, 3.63) is 65.2 Å². The second-order valence-corrected chi connectivity index (χ2v) is 4.36. The van der Waals surface area contributed by atoms with Gasteiger partial charge in [-0.15, -0.1) is 0 Å². The minimum atomic E-state index is -0.0175. The number of nitrogens with two attached hydrogens (primary N) is 1. The van der Waals surface area contributed by atoms with E-state index in [0.717, 1.165) is 12.8 Å². The van der Waals surface area contributed by atoms with E-state index in [0.29, 0.717) is 16.8 Å². The molecule has 0 unspecified atom stereocenters. The van der Waals surface area contributed by atoms with Crippen LogP contribution < -0.4 is 5.73 Å². The summed E-state index contributed by atoms with van der Waals surface area (Å²) in [5.41, 5.74) is 8.86. The van der Waals surface area contributed by atoms with Gasteiger partial charge in [-0.1, -0.05) is 49.7 Å². The van der Waals surface area contributed by atoms with Gasteiger partial charge in [0.25, 0.3) is 0 Å². The van der Waals surface area contributed by atoms with Crippen molar-refractivity contribution in [3.63, 3.8) is 0 Å². The molecule has 0 aliphatic heterocycles. The largest absolute Gasteiger partial charge is 0.398 e. The lowest BCUT2D eigenvalue weighted by atomic mass is 10.00. The minimum absolute atomic E-state index is 0.0175. The highest BCUT2D eigenvalue weighted by Gasteiger charge is 2.11. The molecular formula is C16H17NO. The average Bonchev–Trinajstić information content (AvgIpc) is 2.40. The minimum Gasteiger partial charge on any atom is -0.398 e. The third kappa shape index (κ3) is 2.59. The SMILES string of the molecule is CCCc1ccc(C(=O)c2ccccc2N)cc1. The first-order valence-electron chi connectivity index (χ1n) is 6.20. The number of carbonyl (C=O) groups is 1. The van der Waals surface area contributed by atoms with Crippen LogP contribution in [0.5, 0.6) is 0 Å². The van der Waals surface area contributed by atoms with Crippen LogP contribution in [0.1, 0.15) is 34.8 Å². The second-order valence-electron chi connectivity index (χ2n) is 4.36. The molecule has 2 nitrogen and oxygen atoms in total. The van der Waals surface area contributed by atoms with Crippen molar-refractivity contribution >= 4 is 11.5 Å². The number of para-hydroxylation sites is 1. The van der Waals surface area contributed by atoms with Gasteiger partial charge in [-0.2, -0.15) is 0 Å². The first-order chi connectivity index (χ1) is 8.72. The number of ketones is 1. The number of hydrogen-bond acceptors (Lipinski definition) is 2. The molecular weight excluding hydrogens is 222 g/mol. The molecule has 92 valence electrons. The molecule has 0 aromatic heterocycles. The molecule has 0 amide bonds. The van der Waals surface area contributed by atoms with Crippen LogP contribution in [0.2, 0.25) is 0 Å². The molecule has 2 rings (SSSR count). The van der Waals surface area contributed by atoms with E-state index in [9.17, 15) is 4.79 Å². The summed E-state index contributed by atoms with van der Waals surface area (Å²) < 4.78 is 0. The maximum atomic E-state index is 12.3. The van der Waals surface area contributed by atoms with Crippen LogP contribution in [-0.2, 0) is 6.42 Å². The van der Waals surface area contributed by atoms with Crippen LogP contribution in [0.3, 0.4) is 0 Å². The van der Waals surface area contributed by atoms with Crippen LogP contribution in [0, 0.1) is 0 Å². The summed E-state index contributed by atoms with van der Waals surface area (Å²) in [6.45, 7) is 2.14. The Morgan fingerprint density at radius 2 is 1.72 bits per heavy atom. The first-order valence-corrected chi connectivity index (χ1v) is 6.20. The summed E-state index contributed by atoms with van der Waals surface area (Å²) in [5.74, 6) is -0.0175. The van der Waals surface area contributed by atoms with Gasteiger partial charge in [0.1, 0.15) is 0 Å². The smallest absolute Gasteiger partial charge is 0.195 e.